The summed E-state index contributed by atoms with van der Waals surface area (Å²) in [5.41, 5.74) is 0. The molecule has 0 unspecified atom stereocenters. The molecule has 11 heteroatoms. The first-order valence-corrected chi connectivity index (χ1v) is 11.5. The summed E-state index contributed by atoms with van der Waals surface area (Å²) in [4.78, 5) is 56.9. The van der Waals surface area contributed by atoms with E-state index in [9.17, 15) is 24.0 Å². The number of carbonyl (C=O) groups excluding carboxylic acids is 5. The Morgan fingerprint density at radius 1 is 1.04 bits per heavy atom. The highest BCUT2D eigenvalue weighted by atomic mass is 127. The minimum absolute atomic E-state index is 0.0331. The standard InChI is InChI=1S/C16H27BIN3O5S/c1-12(23)5-4-7-15(25)21-13(11-27-17-18)16(26)20-9-8-19-14(24)6-2-3-10-22/h10,13,17H,2-9,11H2,1H3,(H,19,24)(H,20,26)(H,21,25)/t13-/m0/s1. The van der Waals surface area contributed by atoms with Gasteiger partial charge < -0.3 is 25.5 Å². The molecule has 0 aromatic carbocycles. The van der Waals surface area contributed by atoms with Crippen molar-refractivity contribution < 1.29 is 24.0 Å². The van der Waals surface area contributed by atoms with E-state index in [1.807, 2.05) is 0 Å². The Kier molecular flexibility index (Phi) is 16.3. The molecule has 3 N–H and O–H groups in total. The number of aldehydes is 1. The summed E-state index contributed by atoms with van der Waals surface area (Å²) < 4.78 is 0.790. The summed E-state index contributed by atoms with van der Waals surface area (Å²) in [5.74, 6) is -0.241. The molecule has 1 atom stereocenters. The van der Waals surface area contributed by atoms with Gasteiger partial charge in [0.15, 0.2) is 0 Å². The van der Waals surface area contributed by atoms with E-state index in [2.05, 4.69) is 38.3 Å². The summed E-state index contributed by atoms with van der Waals surface area (Å²) in [6.07, 6.45) is 2.92. The Bertz CT molecular complexity index is 510. The molecule has 152 valence electrons. The third-order valence-electron chi connectivity index (χ3n) is 3.42. The summed E-state index contributed by atoms with van der Waals surface area (Å²) in [6.45, 7) is 2.01. The van der Waals surface area contributed by atoms with Crippen molar-refractivity contribution in [1.82, 2.24) is 16.0 Å². The van der Waals surface area contributed by atoms with Gasteiger partial charge in [0.05, 0.1) is 0 Å². The average molecular weight is 511 g/mol. The largest absolute Gasteiger partial charge is 0.354 e. The molecule has 8 nitrogen and oxygen atoms in total. The fourth-order valence-corrected chi connectivity index (χ4v) is 3.38. The summed E-state index contributed by atoms with van der Waals surface area (Å²) in [6, 6.07) is -0.655. The molecule has 0 rings (SSSR count). The molecule has 0 fully saturated rings. The van der Waals surface area contributed by atoms with Crippen molar-refractivity contribution in [2.24, 2.45) is 0 Å². The number of amides is 3. The number of hydrogen-bond donors (Lipinski definition) is 3. The molecule has 0 spiro atoms. The van der Waals surface area contributed by atoms with Crippen LogP contribution in [0.25, 0.3) is 0 Å². The fraction of sp³-hybridized carbons (Fsp3) is 0.688. The first-order chi connectivity index (χ1) is 12.9. The smallest absolute Gasteiger partial charge is 0.264 e. The minimum atomic E-state index is -0.655. The Hall–Kier alpha value is -1.11. The van der Waals surface area contributed by atoms with Gasteiger partial charge in [-0.15, -0.1) is 22.4 Å². The predicted octanol–water partition coefficient (Wildman–Crippen LogP) is 0.267. The van der Waals surface area contributed by atoms with Crippen molar-refractivity contribution in [3.8, 4) is 0 Å². The average Bonchev–Trinajstić information content (AvgIpc) is 2.62. The number of rotatable bonds is 16. The van der Waals surface area contributed by atoms with Gasteiger partial charge in [-0.3, -0.25) is 14.4 Å². The van der Waals surface area contributed by atoms with Crippen LogP contribution in [0.2, 0.25) is 0 Å². The van der Waals surface area contributed by atoms with Crippen LogP contribution in [0.5, 0.6) is 0 Å². The molecule has 0 aliphatic rings. The second-order valence-electron chi connectivity index (χ2n) is 5.86. The van der Waals surface area contributed by atoms with Crippen molar-refractivity contribution in [2.75, 3.05) is 18.8 Å². The molecule has 0 aliphatic carbocycles. The van der Waals surface area contributed by atoms with Crippen molar-refractivity contribution in [3.63, 3.8) is 0 Å². The van der Waals surface area contributed by atoms with Crippen molar-refractivity contribution in [3.05, 3.63) is 0 Å². The predicted molar refractivity (Wildman–Crippen MR) is 116 cm³/mol. The van der Waals surface area contributed by atoms with Gasteiger partial charge >= 0.3 is 0 Å². The molecule has 0 bridgehead atoms. The van der Waals surface area contributed by atoms with Gasteiger partial charge in [0.1, 0.15) is 18.1 Å². The van der Waals surface area contributed by atoms with Crippen LogP contribution in [0.4, 0.5) is 0 Å². The summed E-state index contributed by atoms with van der Waals surface area (Å²) >= 11 is 3.70. The lowest BCUT2D eigenvalue weighted by Gasteiger charge is -2.18. The maximum Gasteiger partial charge on any atom is 0.264 e. The number of halogens is 1. The Balaban J connectivity index is 4.20. The minimum Gasteiger partial charge on any atom is -0.354 e. The molecule has 0 heterocycles. The number of unbranched alkanes of at least 4 members (excludes halogenated alkanes) is 1. The Morgan fingerprint density at radius 3 is 2.33 bits per heavy atom. The highest BCUT2D eigenvalue weighted by molar-refractivity contribution is 14.1. The zero-order chi connectivity index (χ0) is 20.5. The molecule has 27 heavy (non-hydrogen) atoms. The third-order valence-corrected chi connectivity index (χ3v) is 5.46. The molecular weight excluding hydrogens is 484 g/mol. The van der Waals surface area contributed by atoms with E-state index in [4.69, 9.17) is 0 Å². The molecule has 0 aliphatic heterocycles. The maximum atomic E-state index is 12.3. The van der Waals surface area contributed by atoms with E-state index in [1.165, 1.54) is 18.5 Å². The molecule has 0 saturated heterocycles. The zero-order valence-corrected chi connectivity index (χ0v) is 18.5. The molecule has 0 radical (unpaired) electrons. The van der Waals surface area contributed by atoms with Crippen LogP contribution < -0.4 is 16.0 Å². The van der Waals surface area contributed by atoms with Crippen molar-refractivity contribution in [2.45, 2.75) is 51.5 Å². The van der Waals surface area contributed by atoms with E-state index in [1.54, 1.807) is 0 Å². The topological polar surface area (TPSA) is 121 Å². The highest BCUT2D eigenvalue weighted by Gasteiger charge is 2.20. The normalized spacial score (nSPS) is 11.2. The van der Waals surface area contributed by atoms with Crippen molar-refractivity contribution in [1.29, 1.82) is 0 Å². The zero-order valence-electron chi connectivity index (χ0n) is 15.6. The Morgan fingerprint density at radius 2 is 1.70 bits per heavy atom. The van der Waals surface area contributed by atoms with E-state index < -0.39 is 6.04 Å². The first-order valence-electron chi connectivity index (χ1n) is 8.81. The van der Waals surface area contributed by atoms with Crippen LogP contribution in [0.3, 0.4) is 0 Å². The van der Waals surface area contributed by atoms with Crippen LogP contribution in [0.15, 0.2) is 0 Å². The molecule has 3 amide bonds. The van der Waals surface area contributed by atoms with Crippen LogP contribution in [0, 0.1) is 0 Å². The van der Waals surface area contributed by atoms with E-state index in [0.29, 0.717) is 31.4 Å². The second kappa shape index (κ2) is 17.0. The first kappa shape index (κ1) is 25.9. The van der Waals surface area contributed by atoms with Crippen molar-refractivity contribution >= 4 is 68.2 Å². The number of Topliss-reactive ketones (excluding diaryl/α,β-unsaturated/α-hetero) is 1. The lowest BCUT2D eigenvalue weighted by molar-refractivity contribution is -0.128. The van der Waals surface area contributed by atoms with Gasteiger partial charge in [-0.1, -0.05) is 0 Å². The monoisotopic (exact) mass is 511 g/mol. The SMILES string of the molecule is CC(=O)CCCC(=O)N[C@@H](CSBI)C(=O)NCCNC(=O)CCCC=O. The lowest BCUT2D eigenvalue weighted by atomic mass is 10.2. The molecule has 0 saturated carbocycles. The molecular formula is C16H27BIN3O5S. The molecule has 0 aromatic heterocycles. The fourth-order valence-electron chi connectivity index (χ4n) is 2.05. The summed E-state index contributed by atoms with van der Waals surface area (Å²) in [7, 11) is 0. The summed E-state index contributed by atoms with van der Waals surface area (Å²) in [5, 5.41) is 8.07. The van der Waals surface area contributed by atoms with Gasteiger partial charge in [0.25, 0.3) is 4.41 Å². The van der Waals surface area contributed by atoms with E-state index in [-0.39, 0.29) is 49.4 Å². The second-order valence-corrected chi connectivity index (χ2v) is 8.68. The van der Waals surface area contributed by atoms with Crippen LogP contribution in [-0.2, 0) is 24.0 Å². The van der Waals surface area contributed by atoms with Gasteiger partial charge in [-0.05, 0) is 19.8 Å². The van der Waals surface area contributed by atoms with E-state index in [0.717, 1.165) is 10.7 Å². The van der Waals surface area contributed by atoms with Gasteiger partial charge in [0, 0.05) is 44.5 Å². The Labute approximate surface area is 178 Å². The number of carbonyl (C=O) groups is 5. The number of nitrogens with one attached hydrogen (secondary N) is 3. The third kappa shape index (κ3) is 15.6. The lowest BCUT2D eigenvalue weighted by Crippen LogP contribution is -2.49. The van der Waals surface area contributed by atoms with Crippen LogP contribution in [-0.4, -0.2) is 59.1 Å². The van der Waals surface area contributed by atoms with Gasteiger partial charge in [-0.25, -0.2) is 0 Å². The van der Waals surface area contributed by atoms with Crippen LogP contribution >= 0.6 is 34.0 Å². The quantitative estimate of drug-likeness (QED) is 0.118. The van der Waals surface area contributed by atoms with E-state index >= 15 is 0 Å². The van der Waals surface area contributed by atoms with Crippen LogP contribution in [0.1, 0.15) is 45.4 Å². The van der Waals surface area contributed by atoms with Gasteiger partial charge in [-0.2, -0.15) is 11.6 Å². The highest BCUT2D eigenvalue weighted by Crippen LogP contribution is 2.05. The van der Waals surface area contributed by atoms with Gasteiger partial charge in [0.2, 0.25) is 17.7 Å². The molecule has 0 aromatic rings. The number of ketones is 1. The number of hydrogen-bond acceptors (Lipinski definition) is 6. The maximum absolute atomic E-state index is 12.3.